The number of benzene rings is 3. The number of hydrogen-bond donors (Lipinski definition) is 1. The molecule has 0 radical (unpaired) electrons. The second-order valence-corrected chi connectivity index (χ2v) is 9.50. The van der Waals surface area contributed by atoms with Gasteiger partial charge < -0.3 is 14.8 Å². The average molecular weight is 489 g/mol. The van der Waals surface area contributed by atoms with E-state index in [2.05, 4.69) is 5.32 Å². The van der Waals surface area contributed by atoms with Crippen molar-refractivity contribution in [3.8, 4) is 11.5 Å². The summed E-state index contributed by atoms with van der Waals surface area (Å²) in [5.74, 6) is 0.468. The molecule has 0 bridgehead atoms. The molecule has 0 saturated heterocycles. The quantitative estimate of drug-likeness (QED) is 0.461. The van der Waals surface area contributed by atoms with E-state index < -0.39 is 15.9 Å². The lowest BCUT2D eigenvalue weighted by molar-refractivity contribution is -0.116. The molecule has 174 valence electrons. The number of carbonyl (C=O) groups excluding carboxylic acids is 1. The number of methoxy groups -OCH3 is 2. The number of nitrogens with one attached hydrogen (secondary N) is 1. The van der Waals surface area contributed by atoms with Crippen LogP contribution in [0.15, 0.2) is 77.7 Å². The average Bonchev–Trinajstić information content (AvgIpc) is 2.82. The molecule has 0 spiro atoms. The van der Waals surface area contributed by atoms with E-state index in [0.717, 1.165) is 9.87 Å². The zero-order valence-electron chi connectivity index (χ0n) is 18.3. The molecule has 1 amide bonds. The fraction of sp³-hybridized carbons (Fsp3) is 0.208. The molecule has 0 aliphatic carbocycles. The zero-order chi connectivity index (χ0) is 23.8. The summed E-state index contributed by atoms with van der Waals surface area (Å²) in [6, 6.07) is 20.5. The molecule has 0 heterocycles. The van der Waals surface area contributed by atoms with Crippen molar-refractivity contribution in [2.45, 2.75) is 11.3 Å². The minimum Gasteiger partial charge on any atom is -0.497 e. The van der Waals surface area contributed by atoms with Crippen molar-refractivity contribution in [2.24, 2.45) is 0 Å². The number of rotatable bonds is 10. The first-order valence-electron chi connectivity index (χ1n) is 10.1. The van der Waals surface area contributed by atoms with Crippen LogP contribution in [-0.2, 0) is 21.2 Å². The topological polar surface area (TPSA) is 84.9 Å². The molecule has 7 nitrogen and oxygen atoms in total. The summed E-state index contributed by atoms with van der Waals surface area (Å²) in [4.78, 5) is 12.8. The van der Waals surface area contributed by atoms with Crippen LogP contribution in [0.1, 0.15) is 5.56 Å². The third-order valence-electron chi connectivity index (χ3n) is 4.93. The summed E-state index contributed by atoms with van der Waals surface area (Å²) < 4.78 is 38.3. The maximum atomic E-state index is 13.4. The number of sulfonamides is 1. The Hall–Kier alpha value is -3.07. The maximum Gasteiger partial charge on any atom is 0.243 e. The van der Waals surface area contributed by atoms with Crippen molar-refractivity contribution in [1.82, 2.24) is 4.31 Å². The molecule has 9 heteroatoms. The van der Waals surface area contributed by atoms with Gasteiger partial charge in [-0.1, -0.05) is 48.0 Å². The highest BCUT2D eigenvalue weighted by molar-refractivity contribution is 7.89. The standard InChI is InChI=1S/C24H25ClN2O5S/c1-31-20-10-6-9-19(15-20)26-24(28)17-27(14-13-18-7-4-3-5-8-18)33(29,30)21-11-12-23(32-2)22(25)16-21/h3-12,15-16H,13-14,17H2,1-2H3,(H,26,28). The number of ether oxygens (including phenoxy) is 2. The fourth-order valence-electron chi connectivity index (χ4n) is 3.20. The molecular formula is C24H25ClN2O5S. The van der Waals surface area contributed by atoms with Crippen molar-refractivity contribution < 1.29 is 22.7 Å². The van der Waals surface area contributed by atoms with E-state index in [1.165, 1.54) is 32.4 Å². The van der Waals surface area contributed by atoms with Gasteiger partial charge in [0, 0.05) is 18.3 Å². The van der Waals surface area contributed by atoms with E-state index in [1.54, 1.807) is 24.3 Å². The second kappa shape index (κ2) is 11.2. The van der Waals surface area contributed by atoms with E-state index in [9.17, 15) is 13.2 Å². The highest BCUT2D eigenvalue weighted by atomic mass is 35.5. The summed E-state index contributed by atoms with van der Waals surface area (Å²) in [7, 11) is -1.04. The summed E-state index contributed by atoms with van der Waals surface area (Å²) in [6.07, 6.45) is 0.441. The van der Waals surface area contributed by atoms with Gasteiger partial charge in [0.25, 0.3) is 0 Å². The molecule has 0 aromatic heterocycles. The van der Waals surface area contributed by atoms with E-state index >= 15 is 0 Å². The minimum atomic E-state index is -4.01. The molecule has 0 unspecified atom stereocenters. The number of amides is 1. The predicted molar refractivity (Wildman–Crippen MR) is 129 cm³/mol. The fourth-order valence-corrected chi connectivity index (χ4v) is 4.95. The molecule has 0 atom stereocenters. The molecule has 1 N–H and O–H groups in total. The summed E-state index contributed by atoms with van der Waals surface area (Å²) in [5.41, 5.74) is 1.46. The van der Waals surface area contributed by atoms with Gasteiger partial charge in [0.15, 0.2) is 0 Å². The van der Waals surface area contributed by atoms with Crippen LogP contribution >= 0.6 is 11.6 Å². The maximum absolute atomic E-state index is 13.4. The van der Waals surface area contributed by atoms with Gasteiger partial charge in [0.05, 0.1) is 30.7 Å². The van der Waals surface area contributed by atoms with Crippen molar-refractivity contribution >= 4 is 33.2 Å². The normalized spacial score (nSPS) is 11.3. The number of carbonyl (C=O) groups is 1. The molecule has 0 fully saturated rings. The first-order chi connectivity index (χ1) is 15.8. The van der Waals surface area contributed by atoms with E-state index in [-0.39, 0.29) is 23.0 Å². The first-order valence-corrected chi connectivity index (χ1v) is 12.0. The Morgan fingerprint density at radius 1 is 0.970 bits per heavy atom. The molecule has 33 heavy (non-hydrogen) atoms. The Morgan fingerprint density at radius 2 is 1.73 bits per heavy atom. The lowest BCUT2D eigenvalue weighted by Gasteiger charge is -2.22. The third-order valence-corrected chi connectivity index (χ3v) is 7.06. The SMILES string of the molecule is COc1cccc(NC(=O)CN(CCc2ccccc2)S(=O)(=O)c2ccc(OC)c(Cl)c2)c1. The van der Waals surface area contributed by atoms with Gasteiger partial charge in [-0.3, -0.25) is 4.79 Å². The number of halogens is 1. The van der Waals surface area contributed by atoms with Crippen molar-refractivity contribution in [2.75, 3.05) is 32.6 Å². The molecular weight excluding hydrogens is 464 g/mol. The smallest absolute Gasteiger partial charge is 0.243 e. The van der Waals surface area contributed by atoms with Crippen LogP contribution < -0.4 is 14.8 Å². The van der Waals surface area contributed by atoms with Crippen LogP contribution in [0.25, 0.3) is 0 Å². The van der Waals surface area contributed by atoms with Crippen molar-refractivity contribution in [1.29, 1.82) is 0 Å². The highest BCUT2D eigenvalue weighted by Crippen LogP contribution is 2.28. The van der Waals surface area contributed by atoms with E-state index in [4.69, 9.17) is 21.1 Å². The van der Waals surface area contributed by atoms with Crippen LogP contribution in [0.5, 0.6) is 11.5 Å². The Bertz CT molecular complexity index is 1200. The van der Waals surface area contributed by atoms with Gasteiger partial charge in [-0.15, -0.1) is 0 Å². The number of anilines is 1. The minimum absolute atomic E-state index is 0.0180. The van der Waals surface area contributed by atoms with Crippen molar-refractivity contribution in [3.63, 3.8) is 0 Å². The zero-order valence-corrected chi connectivity index (χ0v) is 19.9. The van der Waals surface area contributed by atoms with Gasteiger partial charge in [0.2, 0.25) is 15.9 Å². The lowest BCUT2D eigenvalue weighted by atomic mass is 10.1. The second-order valence-electron chi connectivity index (χ2n) is 7.15. The Kier molecular flexibility index (Phi) is 8.32. The summed E-state index contributed by atoms with van der Waals surface area (Å²) >= 11 is 6.16. The van der Waals surface area contributed by atoms with Gasteiger partial charge in [-0.25, -0.2) is 8.42 Å². The Balaban J connectivity index is 1.84. The monoisotopic (exact) mass is 488 g/mol. The Morgan fingerprint density at radius 3 is 2.39 bits per heavy atom. The number of hydrogen-bond acceptors (Lipinski definition) is 5. The molecule has 3 aromatic carbocycles. The summed E-state index contributed by atoms with van der Waals surface area (Å²) in [5, 5.41) is 2.90. The summed E-state index contributed by atoms with van der Waals surface area (Å²) in [6.45, 7) is -0.252. The van der Waals surface area contributed by atoms with Gasteiger partial charge in [0.1, 0.15) is 11.5 Å². The highest BCUT2D eigenvalue weighted by Gasteiger charge is 2.27. The van der Waals surface area contributed by atoms with E-state index in [1.807, 2.05) is 30.3 Å². The molecule has 0 aliphatic heterocycles. The first kappa shape index (κ1) is 24.6. The molecule has 0 aliphatic rings. The largest absolute Gasteiger partial charge is 0.497 e. The van der Waals surface area contributed by atoms with Crippen LogP contribution in [0.4, 0.5) is 5.69 Å². The third kappa shape index (κ3) is 6.47. The van der Waals surface area contributed by atoms with Crippen LogP contribution in [-0.4, -0.2) is 45.9 Å². The van der Waals surface area contributed by atoms with Crippen molar-refractivity contribution in [3.05, 3.63) is 83.4 Å². The lowest BCUT2D eigenvalue weighted by Crippen LogP contribution is -2.39. The van der Waals surface area contributed by atoms with Gasteiger partial charge >= 0.3 is 0 Å². The number of nitrogens with zero attached hydrogens (tertiary/aromatic N) is 1. The van der Waals surface area contributed by atoms with E-state index in [0.29, 0.717) is 23.6 Å². The van der Waals surface area contributed by atoms with Crippen LogP contribution in [0.3, 0.4) is 0 Å². The van der Waals surface area contributed by atoms with Gasteiger partial charge in [-0.2, -0.15) is 4.31 Å². The molecule has 3 rings (SSSR count). The molecule has 3 aromatic rings. The van der Waals surface area contributed by atoms with Crippen LogP contribution in [0.2, 0.25) is 5.02 Å². The molecule has 0 saturated carbocycles. The van der Waals surface area contributed by atoms with Gasteiger partial charge in [-0.05, 0) is 42.3 Å². The Labute approximate surface area is 198 Å². The predicted octanol–water partition coefficient (Wildman–Crippen LogP) is 4.23. The van der Waals surface area contributed by atoms with Crippen LogP contribution in [0, 0.1) is 0 Å².